The van der Waals surface area contributed by atoms with Gasteiger partial charge >= 0.3 is 10.6 Å². The van der Waals surface area contributed by atoms with E-state index in [0.29, 0.717) is 22.7 Å². The van der Waals surface area contributed by atoms with E-state index in [0.717, 1.165) is 5.56 Å². The fourth-order valence-electron chi connectivity index (χ4n) is 3.21. The van der Waals surface area contributed by atoms with Crippen molar-refractivity contribution in [2.24, 2.45) is 20.5 Å². The number of anilines is 1. The molecule has 0 aliphatic heterocycles. The van der Waals surface area contributed by atoms with Gasteiger partial charge in [0.15, 0.2) is 5.75 Å². The Morgan fingerprint density at radius 3 is 1.65 bits per heavy atom. The lowest BCUT2D eigenvalue weighted by Gasteiger charge is -2.09. The van der Waals surface area contributed by atoms with Gasteiger partial charge in [0.25, 0.3) is 20.2 Å². The van der Waals surface area contributed by atoms with E-state index in [1.165, 1.54) is 18.2 Å². The van der Waals surface area contributed by atoms with Crippen LogP contribution < -0.4 is 5.73 Å². The van der Waals surface area contributed by atoms with Crippen LogP contribution in [0.4, 0.5) is 28.4 Å². The molecule has 0 atom stereocenters. The number of hydrogen-bond donors (Lipinski definition) is 4. The van der Waals surface area contributed by atoms with Crippen LogP contribution in [0.15, 0.2) is 98.1 Å². The number of hydrogen-bond acceptors (Lipinski definition) is 13. The highest BCUT2D eigenvalue weighted by molar-refractivity contribution is 7.86. The normalized spacial score (nSPS) is 10.8. The fraction of sp³-hybridized carbons (Fsp3) is 0.214. The second kappa shape index (κ2) is 19.7. The maximum absolute atomic E-state index is 11.6. The summed E-state index contributed by atoms with van der Waals surface area (Å²) in [4.78, 5) is -0.373. The molecule has 0 saturated carbocycles. The minimum atomic E-state index is -4.49. The SMILES string of the molecule is CC.CC.CS(=O)(=O)O.Cc1ccc(S(=O)(=O)O)c(N=Nc2ccc3ccc(N=Nc4ccccc4)c(O)c3c2N)c1.O=S(=O)=O. The molecule has 4 rings (SSSR count). The molecule has 0 fully saturated rings. The van der Waals surface area contributed by atoms with E-state index >= 15 is 0 Å². The standard InChI is InChI=1S/C23H19N5O4S.2C2H6.CH4O3S.O3S/c1-14-7-12-20(33(30,31)32)19(13-14)28-26-17-10-8-15-9-11-18(23(29)21(15)22(17)24)27-25-16-5-3-2-4-6-16;2*1-2;1-5(2,3)4;1-4(2)3/h2-13,29H,24H2,1H3,(H,30,31,32);2*1-2H3;1H3,(H,2,3,4);. The third-order valence-electron chi connectivity index (χ3n) is 4.84. The monoisotopic (exact) mass is 697 g/mol. The molecule has 5 N–H and O–H groups in total. The summed E-state index contributed by atoms with van der Waals surface area (Å²) < 4.78 is 83.9. The lowest BCUT2D eigenvalue weighted by Crippen LogP contribution is -1.98. The zero-order chi connectivity index (χ0) is 35.7. The molecule has 0 aliphatic rings. The van der Waals surface area contributed by atoms with E-state index in [2.05, 4.69) is 20.5 Å². The quantitative estimate of drug-likeness (QED) is 0.0931. The molecular formula is C28H35N5O10S3. The van der Waals surface area contributed by atoms with Crippen molar-refractivity contribution >= 4 is 70.1 Å². The number of nitrogens with two attached hydrogens (primary N) is 1. The summed E-state index contributed by atoms with van der Waals surface area (Å²) >= 11 is 0. The maximum Gasteiger partial charge on any atom is 0.425 e. The number of aromatic hydroxyl groups is 1. The highest BCUT2D eigenvalue weighted by Gasteiger charge is 2.16. The molecule has 4 aromatic rings. The number of phenols is 1. The van der Waals surface area contributed by atoms with Crippen LogP contribution in [0.2, 0.25) is 0 Å². The second-order valence-electron chi connectivity index (χ2n) is 8.15. The highest BCUT2D eigenvalue weighted by Crippen LogP contribution is 2.42. The predicted octanol–water partition coefficient (Wildman–Crippen LogP) is 7.07. The minimum absolute atomic E-state index is 0.0355. The van der Waals surface area contributed by atoms with E-state index < -0.39 is 30.8 Å². The van der Waals surface area contributed by atoms with Crippen LogP contribution in [-0.2, 0) is 30.8 Å². The number of azo groups is 2. The Morgan fingerprint density at radius 1 is 0.696 bits per heavy atom. The maximum atomic E-state index is 11.6. The van der Waals surface area contributed by atoms with Crippen LogP contribution in [-0.4, -0.2) is 49.9 Å². The Hall–Kier alpha value is -4.62. The lowest BCUT2D eigenvalue weighted by atomic mass is 10.1. The number of nitrogens with zero attached hydrogens (tertiary/aromatic N) is 4. The molecule has 0 aliphatic carbocycles. The Bertz CT molecular complexity index is 1970. The topological polar surface area (TPSA) is 256 Å². The largest absolute Gasteiger partial charge is 0.505 e. The molecular weight excluding hydrogens is 663 g/mol. The molecule has 0 saturated heterocycles. The summed E-state index contributed by atoms with van der Waals surface area (Å²) in [6.07, 6.45) is 0.715. The van der Waals surface area contributed by atoms with Crippen LogP contribution in [0.25, 0.3) is 10.8 Å². The van der Waals surface area contributed by atoms with Crippen LogP contribution in [0.3, 0.4) is 0 Å². The smallest absolute Gasteiger partial charge is 0.425 e. The van der Waals surface area contributed by atoms with Crippen molar-refractivity contribution in [2.45, 2.75) is 39.5 Å². The molecule has 0 unspecified atom stereocenters. The average molecular weight is 698 g/mol. The van der Waals surface area contributed by atoms with Gasteiger partial charge in [0.2, 0.25) is 0 Å². The Balaban J connectivity index is 0.00000134. The summed E-state index contributed by atoms with van der Waals surface area (Å²) in [5.74, 6) is -0.170. The molecule has 0 amide bonds. The van der Waals surface area contributed by atoms with Crippen molar-refractivity contribution in [2.75, 3.05) is 12.0 Å². The number of nitrogen functional groups attached to an aromatic ring is 1. The van der Waals surface area contributed by atoms with Gasteiger partial charge in [-0.3, -0.25) is 9.11 Å². The molecule has 0 spiro atoms. The van der Waals surface area contributed by atoms with Gasteiger partial charge < -0.3 is 10.8 Å². The zero-order valence-electron chi connectivity index (χ0n) is 25.7. The van der Waals surface area contributed by atoms with Gasteiger partial charge in [0, 0.05) is 0 Å². The zero-order valence-corrected chi connectivity index (χ0v) is 28.2. The average Bonchev–Trinajstić information content (AvgIpc) is 2.97. The summed E-state index contributed by atoms with van der Waals surface area (Å²) in [6, 6.07) is 20.0. The van der Waals surface area contributed by atoms with Crippen LogP contribution in [0.1, 0.15) is 33.3 Å². The third kappa shape index (κ3) is 14.9. The fourth-order valence-corrected chi connectivity index (χ4v) is 3.81. The minimum Gasteiger partial charge on any atom is -0.505 e. The van der Waals surface area contributed by atoms with Gasteiger partial charge in [-0.25, -0.2) is 0 Å². The van der Waals surface area contributed by atoms with Gasteiger partial charge in [0.05, 0.1) is 23.0 Å². The van der Waals surface area contributed by atoms with E-state index in [9.17, 15) is 26.5 Å². The number of fused-ring (bicyclic) bond motifs is 1. The van der Waals surface area contributed by atoms with Crippen LogP contribution in [0, 0.1) is 6.92 Å². The van der Waals surface area contributed by atoms with Gasteiger partial charge in [0.1, 0.15) is 22.0 Å². The first-order chi connectivity index (χ1) is 21.5. The van der Waals surface area contributed by atoms with E-state index in [1.807, 2.05) is 45.9 Å². The summed E-state index contributed by atoms with van der Waals surface area (Å²) in [5, 5.41) is 28.0. The molecule has 0 heterocycles. The predicted molar refractivity (Wildman–Crippen MR) is 176 cm³/mol. The van der Waals surface area contributed by atoms with Gasteiger partial charge in [-0.1, -0.05) is 64.1 Å². The van der Waals surface area contributed by atoms with Crippen molar-refractivity contribution in [3.05, 3.63) is 78.4 Å². The van der Waals surface area contributed by atoms with Gasteiger partial charge in [-0.2, -0.15) is 21.9 Å². The van der Waals surface area contributed by atoms with E-state index in [4.69, 9.17) is 22.9 Å². The summed E-state index contributed by atoms with van der Waals surface area (Å²) in [5.41, 5.74) is 8.14. The third-order valence-corrected chi connectivity index (χ3v) is 5.74. The molecule has 0 bridgehead atoms. The first-order valence-electron chi connectivity index (χ1n) is 13.2. The van der Waals surface area contributed by atoms with Crippen LogP contribution >= 0.6 is 0 Å². The van der Waals surface area contributed by atoms with Gasteiger partial charge in [-0.05, 0) is 54.3 Å². The second-order valence-corrected chi connectivity index (χ2v) is 11.4. The van der Waals surface area contributed by atoms with Crippen molar-refractivity contribution in [3.63, 3.8) is 0 Å². The number of phenolic OH excluding ortho intramolecular Hbond substituents is 1. The summed E-state index contributed by atoms with van der Waals surface area (Å²) in [7, 11) is -11.3. The van der Waals surface area contributed by atoms with E-state index in [1.54, 1.807) is 43.3 Å². The highest BCUT2D eigenvalue weighted by atomic mass is 32.2. The Labute approximate surface area is 269 Å². The first-order valence-corrected chi connectivity index (χ1v) is 17.5. The molecule has 46 heavy (non-hydrogen) atoms. The molecule has 0 radical (unpaired) electrons. The number of rotatable bonds is 5. The lowest BCUT2D eigenvalue weighted by molar-refractivity contribution is 0.482. The van der Waals surface area contributed by atoms with Crippen LogP contribution in [0.5, 0.6) is 5.75 Å². The first kappa shape index (κ1) is 41.4. The molecule has 15 nitrogen and oxygen atoms in total. The molecule has 4 aromatic carbocycles. The molecule has 18 heteroatoms. The number of aryl methyl sites for hydroxylation is 1. The molecule has 0 aromatic heterocycles. The summed E-state index contributed by atoms with van der Waals surface area (Å²) in [6.45, 7) is 9.75. The Morgan fingerprint density at radius 2 is 1.15 bits per heavy atom. The van der Waals surface area contributed by atoms with Crippen molar-refractivity contribution in [1.82, 2.24) is 0 Å². The Kier molecular flexibility index (Phi) is 17.7. The van der Waals surface area contributed by atoms with Crippen molar-refractivity contribution in [1.29, 1.82) is 0 Å². The van der Waals surface area contributed by atoms with Gasteiger partial charge in [-0.15, -0.1) is 28.0 Å². The number of benzene rings is 4. The molecule has 250 valence electrons. The van der Waals surface area contributed by atoms with Crippen molar-refractivity contribution in [3.8, 4) is 5.75 Å². The van der Waals surface area contributed by atoms with Crippen molar-refractivity contribution < 1.29 is 43.7 Å². The van der Waals surface area contributed by atoms with E-state index in [-0.39, 0.29) is 33.4 Å².